The standard InChI is InChI=1S/C30H33ClN4O6/c1-30(2,3)41-29(38)35-15-12-20(13-16-35)17-27(36)34-26-19-23(11-14-32-26)39-22-9-10-25(24(31)18-22)33-28(37)40-21-7-5-4-6-8-21/h4-11,14,18-20H,12-13,15-17H2,1-3H3,(H,33,37)(H,32,34,36). The summed E-state index contributed by atoms with van der Waals surface area (Å²) in [6.07, 6.45) is 2.30. The molecule has 0 radical (unpaired) electrons. The third kappa shape index (κ3) is 9.39. The van der Waals surface area contributed by atoms with Crippen LogP contribution in [0.4, 0.5) is 21.1 Å². The van der Waals surface area contributed by atoms with Crippen LogP contribution >= 0.6 is 11.6 Å². The molecule has 0 saturated carbocycles. The van der Waals surface area contributed by atoms with Gasteiger partial charge in [-0.2, -0.15) is 0 Å². The first kappa shape index (κ1) is 29.7. The number of likely N-dealkylation sites (tertiary alicyclic amines) is 1. The predicted octanol–water partition coefficient (Wildman–Crippen LogP) is 7.11. The minimum absolute atomic E-state index is 0.160. The van der Waals surface area contributed by atoms with E-state index < -0.39 is 11.7 Å². The number of ether oxygens (including phenoxy) is 3. The molecule has 3 amide bonds. The molecule has 11 heteroatoms. The van der Waals surface area contributed by atoms with Crippen molar-refractivity contribution in [1.29, 1.82) is 0 Å². The maximum atomic E-state index is 12.7. The van der Waals surface area contributed by atoms with Crippen molar-refractivity contribution in [3.8, 4) is 17.2 Å². The number of rotatable bonds is 7. The lowest BCUT2D eigenvalue weighted by Gasteiger charge is -2.33. The highest BCUT2D eigenvalue weighted by atomic mass is 35.5. The van der Waals surface area contributed by atoms with Crippen molar-refractivity contribution in [2.24, 2.45) is 5.92 Å². The zero-order valence-electron chi connectivity index (χ0n) is 23.2. The third-order valence-electron chi connectivity index (χ3n) is 6.11. The molecular weight excluding hydrogens is 548 g/mol. The van der Waals surface area contributed by atoms with Gasteiger partial charge >= 0.3 is 12.2 Å². The van der Waals surface area contributed by atoms with Crippen LogP contribution in [-0.4, -0.2) is 46.7 Å². The summed E-state index contributed by atoms with van der Waals surface area (Å²) in [5, 5.41) is 5.68. The van der Waals surface area contributed by atoms with E-state index in [1.807, 2.05) is 26.8 Å². The summed E-state index contributed by atoms with van der Waals surface area (Å²) in [5.41, 5.74) is -0.177. The maximum Gasteiger partial charge on any atom is 0.417 e. The number of carbonyl (C=O) groups is 3. The highest BCUT2D eigenvalue weighted by Crippen LogP contribution is 2.31. The van der Waals surface area contributed by atoms with E-state index in [9.17, 15) is 14.4 Å². The van der Waals surface area contributed by atoms with Gasteiger partial charge in [-0.25, -0.2) is 14.6 Å². The molecule has 2 heterocycles. The summed E-state index contributed by atoms with van der Waals surface area (Å²) < 4.78 is 16.5. The Labute approximate surface area is 243 Å². The van der Waals surface area contributed by atoms with Gasteiger partial charge < -0.3 is 24.4 Å². The molecule has 10 nitrogen and oxygen atoms in total. The van der Waals surface area contributed by atoms with Crippen molar-refractivity contribution >= 4 is 41.2 Å². The van der Waals surface area contributed by atoms with E-state index in [1.165, 1.54) is 6.20 Å². The van der Waals surface area contributed by atoms with E-state index >= 15 is 0 Å². The fourth-order valence-electron chi connectivity index (χ4n) is 4.17. The van der Waals surface area contributed by atoms with E-state index in [0.29, 0.717) is 48.3 Å². The number of para-hydroxylation sites is 1. The smallest absolute Gasteiger partial charge is 0.417 e. The lowest BCUT2D eigenvalue weighted by molar-refractivity contribution is -0.117. The molecular formula is C30H33ClN4O6. The molecule has 41 heavy (non-hydrogen) atoms. The van der Waals surface area contributed by atoms with Crippen LogP contribution in [0, 0.1) is 5.92 Å². The van der Waals surface area contributed by atoms with Crippen LogP contribution in [0.25, 0.3) is 0 Å². The minimum atomic E-state index is -0.671. The van der Waals surface area contributed by atoms with Crippen molar-refractivity contribution in [2.75, 3.05) is 23.7 Å². The Morgan fingerprint density at radius 2 is 1.66 bits per heavy atom. The van der Waals surface area contributed by atoms with Gasteiger partial charge in [0.05, 0.1) is 10.7 Å². The van der Waals surface area contributed by atoms with Gasteiger partial charge in [0, 0.05) is 37.8 Å². The Bertz CT molecular complexity index is 1370. The maximum absolute atomic E-state index is 12.7. The van der Waals surface area contributed by atoms with Crippen molar-refractivity contribution in [1.82, 2.24) is 9.88 Å². The number of aromatic nitrogens is 1. The SMILES string of the molecule is CC(C)(C)OC(=O)N1CCC(CC(=O)Nc2cc(Oc3ccc(NC(=O)Oc4ccccc4)c(Cl)c3)ccn2)CC1. The molecule has 0 spiro atoms. The van der Waals surface area contributed by atoms with E-state index in [-0.39, 0.29) is 22.9 Å². The highest BCUT2D eigenvalue weighted by Gasteiger charge is 2.28. The molecule has 1 aromatic heterocycles. The molecule has 2 N–H and O–H groups in total. The van der Waals surface area contributed by atoms with Crippen molar-refractivity contribution in [3.63, 3.8) is 0 Å². The monoisotopic (exact) mass is 580 g/mol. The first-order valence-electron chi connectivity index (χ1n) is 13.3. The van der Waals surface area contributed by atoms with Crippen molar-refractivity contribution in [2.45, 2.75) is 45.6 Å². The molecule has 1 saturated heterocycles. The second-order valence-corrected chi connectivity index (χ2v) is 11.0. The summed E-state index contributed by atoms with van der Waals surface area (Å²) in [6.45, 7) is 6.63. The molecule has 3 aromatic rings. The van der Waals surface area contributed by atoms with Gasteiger partial charge in [0.15, 0.2) is 0 Å². The number of hydrogen-bond donors (Lipinski definition) is 2. The molecule has 216 valence electrons. The minimum Gasteiger partial charge on any atom is -0.457 e. The molecule has 4 rings (SSSR count). The normalized spacial score (nSPS) is 13.7. The van der Waals surface area contributed by atoms with Crippen LogP contribution in [0.1, 0.15) is 40.0 Å². The van der Waals surface area contributed by atoms with E-state index in [0.717, 1.165) is 12.8 Å². The second kappa shape index (κ2) is 13.4. The van der Waals surface area contributed by atoms with Crippen molar-refractivity contribution in [3.05, 3.63) is 71.9 Å². The third-order valence-corrected chi connectivity index (χ3v) is 6.42. The summed E-state index contributed by atoms with van der Waals surface area (Å²) in [7, 11) is 0. The number of hydrogen-bond acceptors (Lipinski definition) is 7. The van der Waals surface area contributed by atoms with E-state index in [2.05, 4.69) is 15.6 Å². The number of halogens is 1. The number of amides is 3. The summed E-state index contributed by atoms with van der Waals surface area (Å²) >= 11 is 6.34. The molecule has 0 bridgehead atoms. The molecule has 0 aliphatic carbocycles. The van der Waals surface area contributed by atoms with Gasteiger partial charge in [-0.1, -0.05) is 29.8 Å². The van der Waals surface area contributed by atoms with Crippen LogP contribution in [0.3, 0.4) is 0 Å². The van der Waals surface area contributed by atoms with Gasteiger partial charge in [-0.05, 0) is 69.9 Å². The number of pyridine rings is 1. The molecule has 0 unspecified atom stereocenters. The first-order chi connectivity index (χ1) is 19.5. The number of nitrogens with zero attached hydrogens (tertiary/aromatic N) is 2. The van der Waals surface area contributed by atoms with Gasteiger partial charge in [0.25, 0.3) is 0 Å². The lowest BCUT2D eigenvalue weighted by atomic mass is 9.93. The average molecular weight is 581 g/mol. The Morgan fingerprint density at radius 3 is 2.34 bits per heavy atom. The zero-order valence-corrected chi connectivity index (χ0v) is 23.9. The number of piperidine rings is 1. The van der Waals surface area contributed by atoms with Crippen LogP contribution < -0.4 is 20.1 Å². The topological polar surface area (TPSA) is 119 Å². The largest absolute Gasteiger partial charge is 0.457 e. The van der Waals surface area contributed by atoms with Crippen LogP contribution in [0.5, 0.6) is 17.2 Å². The molecule has 2 aromatic carbocycles. The Kier molecular flexibility index (Phi) is 9.67. The Hall–Kier alpha value is -4.31. The van der Waals surface area contributed by atoms with Crippen molar-refractivity contribution < 1.29 is 28.6 Å². The fourth-order valence-corrected chi connectivity index (χ4v) is 4.39. The van der Waals surface area contributed by atoms with Crippen LogP contribution in [0.15, 0.2) is 66.9 Å². The first-order valence-corrected chi connectivity index (χ1v) is 13.7. The zero-order chi connectivity index (χ0) is 29.4. The fraction of sp³-hybridized carbons (Fsp3) is 0.333. The number of benzene rings is 2. The van der Waals surface area contributed by atoms with Crippen LogP contribution in [0.2, 0.25) is 5.02 Å². The molecule has 0 atom stereocenters. The van der Waals surface area contributed by atoms with Gasteiger partial charge in [-0.15, -0.1) is 0 Å². The second-order valence-electron chi connectivity index (χ2n) is 10.6. The Morgan fingerprint density at radius 1 is 0.951 bits per heavy atom. The lowest BCUT2D eigenvalue weighted by Crippen LogP contribution is -2.42. The molecule has 1 aliphatic rings. The number of carbonyl (C=O) groups excluding carboxylic acids is 3. The van der Waals surface area contributed by atoms with Gasteiger partial charge in [-0.3, -0.25) is 10.1 Å². The number of anilines is 2. The molecule has 1 fully saturated rings. The molecule has 1 aliphatic heterocycles. The Balaban J connectivity index is 1.26. The average Bonchev–Trinajstić information content (AvgIpc) is 2.90. The van der Waals surface area contributed by atoms with Crippen LogP contribution in [-0.2, 0) is 9.53 Å². The predicted molar refractivity (Wildman–Crippen MR) is 156 cm³/mol. The van der Waals surface area contributed by atoms with E-state index in [4.69, 9.17) is 25.8 Å². The summed E-state index contributed by atoms with van der Waals surface area (Å²) in [5.74, 6) is 1.63. The van der Waals surface area contributed by atoms with Gasteiger partial charge in [0.2, 0.25) is 5.91 Å². The summed E-state index contributed by atoms with van der Waals surface area (Å²) in [4.78, 5) is 43.0. The summed E-state index contributed by atoms with van der Waals surface area (Å²) in [6, 6.07) is 16.7. The number of nitrogens with one attached hydrogen (secondary N) is 2. The van der Waals surface area contributed by atoms with E-state index in [1.54, 1.807) is 59.5 Å². The van der Waals surface area contributed by atoms with Gasteiger partial charge in [0.1, 0.15) is 28.7 Å². The quantitative estimate of drug-likeness (QED) is 0.305. The highest BCUT2D eigenvalue weighted by molar-refractivity contribution is 6.33.